The lowest BCUT2D eigenvalue weighted by Gasteiger charge is -2.01. The zero-order valence-electron chi connectivity index (χ0n) is 10.0. The highest BCUT2D eigenvalue weighted by molar-refractivity contribution is 6.05. The van der Waals surface area contributed by atoms with Crippen molar-refractivity contribution in [2.45, 2.75) is 6.42 Å². The quantitative estimate of drug-likeness (QED) is 0.216. The molecule has 1 rings (SSSR count). The highest BCUT2D eigenvalue weighted by Crippen LogP contribution is 2.23. The van der Waals surface area contributed by atoms with Gasteiger partial charge in [-0.2, -0.15) is 0 Å². The first-order valence-electron chi connectivity index (χ1n) is 5.19. The molecule has 7 heteroatoms. The summed E-state index contributed by atoms with van der Waals surface area (Å²) in [5.74, 6) is -2.03. The molecule has 0 amide bonds. The maximum absolute atomic E-state index is 11.4. The van der Waals surface area contributed by atoms with E-state index in [-0.39, 0.29) is 11.3 Å². The largest absolute Gasteiger partial charge is 0.507 e. The van der Waals surface area contributed by atoms with Gasteiger partial charge in [0.05, 0.1) is 17.6 Å². The number of nitro groups is 1. The number of carbonyl (C=O) groups excluding carboxylic acids is 2. The van der Waals surface area contributed by atoms with Gasteiger partial charge in [-0.05, 0) is 6.07 Å². The molecule has 0 radical (unpaired) electrons. The van der Waals surface area contributed by atoms with Crippen molar-refractivity contribution in [3.63, 3.8) is 0 Å². The number of hydrogen-bond acceptors (Lipinski definition) is 6. The predicted octanol–water partition coefficient (Wildman–Crippen LogP) is 1.63. The SMILES string of the molecule is COC(=O)CC(=O)/C=C(\O)c1ccccc1[N+](=O)[O-]. The molecule has 0 saturated heterocycles. The van der Waals surface area contributed by atoms with Gasteiger partial charge in [-0.1, -0.05) is 12.1 Å². The fourth-order valence-corrected chi connectivity index (χ4v) is 1.35. The Balaban J connectivity index is 3.00. The first kappa shape index (κ1) is 14.4. The van der Waals surface area contributed by atoms with Crippen molar-refractivity contribution >= 4 is 23.2 Å². The molecule has 0 fully saturated rings. The number of methoxy groups -OCH3 is 1. The lowest BCUT2D eigenvalue weighted by Crippen LogP contribution is -2.07. The van der Waals surface area contributed by atoms with Gasteiger partial charge in [0.25, 0.3) is 5.69 Å². The maximum Gasteiger partial charge on any atom is 0.313 e. The Morgan fingerprint density at radius 3 is 2.63 bits per heavy atom. The van der Waals surface area contributed by atoms with Gasteiger partial charge >= 0.3 is 5.97 Å². The topological polar surface area (TPSA) is 107 Å². The summed E-state index contributed by atoms with van der Waals surface area (Å²) < 4.78 is 4.29. The molecule has 0 heterocycles. The molecule has 1 N–H and O–H groups in total. The molecule has 0 aromatic heterocycles. The molecule has 1 aromatic rings. The minimum absolute atomic E-state index is 0.0919. The van der Waals surface area contributed by atoms with Crippen LogP contribution in [0.25, 0.3) is 5.76 Å². The second kappa shape index (κ2) is 6.29. The molecule has 0 spiro atoms. The van der Waals surface area contributed by atoms with Gasteiger partial charge in [-0.3, -0.25) is 19.7 Å². The molecular weight excluding hydrogens is 254 g/mol. The van der Waals surface area contributed by atoms with Crippen LogP contribution in [0.2, 0.25) is 0 Å². The second-order valence-electron chi connectivity index (χ2n) is 3.52. The summed E-state index contributed by atoms with van der Waals surface area (Å²) in [7, 11) is 1.13. The third-order valence-electron chi connectivity index (χ3n) is 2.22. The minimum atomic E-state index is -0.753. The first-order valence-corrected chi connectivity index (χ1v) is 5.19. The zero-order valence-corrected chi connectivity index (χ0v) is 10.0. The van der Waals surface area contributed by atoms with Crippen molar-refractivity contribution in [2.24, 2.45) is 0 Å². The van der Waals surface area contributed by atoms with E-state index in [1.54, 1.807) is 0 Å². The van der Waals surface area contributed by atoms with Crippen LogP contribution in [0.5, 0.6) is 0 Å². The van der Waals surface area contributed by atoms with E-state index in [1.807, 2.05) is 0 Å². The summed E-state index contributed by atoms with van der Waals surface area (Å²) in [6, 6.07) is 5.42. The number of carbonyl (C=O) groups is 2. The number of esters is 1. The van der Waals surface area contributed by atoms with Crippen LogP contribution >= 0.6 is 0 Å². The standard InChI is InChI=1S/C12H11NO6/c1-19-12(16)7-8(14)6-11(15)9-4-2-3-5-10(9)13(17)18/h2-6,15H,7H2,1H3/b11-6-. The third-order valence-corrected chi connectivity index (χ3v) is 2.22. The van der Waals surface area contributed by atoms with E-state index in [1.165, 1.54) is 24.3 Å². The van der Waals surface area contributed by atoms with Gasteiger partial charge in [-0.25, -0.2) is 0 Å². The van der Waals surface area contributed by atoms with Crippen LogP contribution in [-0.4, -0.2) is 28.9 Å². The summed E-state index contributed by atoms with van der Waals surface area (Å²) in [6.07, 6.45) is 0.223. The van der Waals surface area contributed by atoms with E-state index in [9.17, 15) is 24.8 Å². The molecule has 7 nitrogen and oxygen atoms in total. The molecule has 19 heavy (non-hydrogen) atoms. The summed E-state index contributed by atoms with van der Waals surface area (Å²) >= 11 is 0. The lowest BCUT2D eigenvalue weighted by molar-refractivity contribution is -0.385. The van der Waals surface area contributed by atoms with Crippen molar-refractivity contribution in [3.05, 3.63) is 46.0 Å². The lowest BCUT2D eigenvalue weighted by atomic mass is 10.1. The number of ketones is 1. The number of aliphatic hydroxyl groups excluding tert-OH is 1. The molecular formula is C12H11NO6. The summed E-state index contributed by atoms with van der Waals surface area (Å²) in [6.45, 7) is 0. The molecule has 0 atom stereocenters. The highest BCUT2D eigenvalue weighted by Gasteiger charge is 2.17. The highest BCUT2D eigenvalue weighted by atomic mass is 16.6. The number of ether oxygens (including phenoxy) is 1. The second-order valence-corrected chi connectivity index (χ2v) is 3.52. The number of rotatable bonds is 5. The van der Waals surface area contributed by atoms with Crippen molar-refractivity contribution < 1.29 is 24.4 Å². The van der Waals surface area contributed by atoms with Crippen molar-refractivity contribution in [2.75, 3.05) is 7.11 Å². The van der Waals surface area contributed by atoms with E-state index in [0.29, 0.717) is 0 Å². The smallest absolute Gasteiger partial charge is 0.313 e. The first-order chi connectivity index (χ1) is 8.95. The van der Waals surface area contributed by atoms with Crippen LogP contribution in [0, 0.1) is 10.1 Å². The Morgan fingerprint density at radius 1 is 1.42 bits per heavy atom. The van der Waals surface area contributed by atoms with Crippen molar-refractivity contribution in [3.8, 4) is 0 Å². The third kappa shape index (κ3) is 3.91. The number of para-hydroxylation sites is 1. The van der Waals surface area contributed by atoms with Crippen LogP contribution in [0.3, 0.4) is 0 Å². The summed E-state index contributed by atoms with van der Waals surface area (Å²) in [4.78, 5) is 32.3. The minimum Gasteiger partial charge on any atom is -0.507 e. The number of aliphatic hydroxyl groups is 1. The van der Waals surface area contributed by atoms with Gasteiger partial charge in [0.15, 0.2) is 5.78 Å². The molecule has 100 valence electrons. The fraction of sp³-hybridized carbons (Fsp3) is 0.167. The van der Waals surface area contributed by atoms with Gasteiger partial charge in [0, 0.05) is 12.1 Å². The number of benzene rings is 1. The molecule has 0 aliphatic heterocycles. The monoisotopic (exact) mass is 265 g/mol. The zero-order chi connectivity index (χ0) is 14.4. The Hall–Kier alpha value is -2.70. The fourth-order valence-electron chi connectivity index (χ4n) is 1.35. The molecule has 0 aliphatic carbocycles. The Morgan fingerprint density at radius 2 is 2.05 bits per heavy atom. The van der Waals surface area contributed by atoms with E-state index < -0.39 is 28.9 Å². The van der Waals surface area contributed by atoms with Gasteiger partial charge in [0.2, 0.25) is 0 Å². The van der Waals surface area contributed by atoms with Gasteiger partial charge in [0.1, 0.15) is 12.2 Å². The molecule has 1 aromatic carbocycles. The average molecular weight is 265 g/mol. The van der Waals surface area contributed by atoms with Crippen LogP contribution in [0.4, 0.5) is 5.69 Å². The summed E-state index contributed by atoms with van der Waals surface area (Å²) in [5, 5.41) is 20.4. The molecule has 0 bridgehead atoms. The Bertz CT molecular complexity index is 549. The Kier molecular flexibility index (Phi) is 4.76. The van der Waals surface area contributed by atoms with Crippen LogP contribution in [0.15, 0.2) is 30.3 Å². The van der Waals surface area contributed by atoms with E-state index in [2.05, 4.69) is 4.74 Å². The number of hydrogen-bond donors (Lipinski definition) is 1. The van der Waals surface area contributed by atoms with Crippen molar-refractivity contribution in [1.29, 1.82) is 0 Å². The number of allylic oxidation sites excluding steroid dienone is 1. The molecule has 0 unspecified atom stereocenters. The molecule has 0 aliphatic rings. The average Bonchev–Trinajstić information content (AvgIpc) is 2.38. The van der Waals surface area contributed by atoms with E-state index >= 15 is 0 Å². The van der Waals surface area contributed by atoms with Gasteiger partial charge < -0.3 is 9.84 Å². The van der Waals surface area contributed by atoms with Crippen LogP contribution in [0.1, 0.15) is 12.0 Å². The normalized spacial score (nSPS) is 10.9. The van der Waals surface area contributed by atoms with Crippen molar-refractivity contribution in [1.82, 2.24) is 0 Å². The number of nitrogens with zero attached hydrogens (tertiary/aromatic N) is 1. The van der Waals surface area contributed by atoms with E-state index in [4.69, 9.17) is 0 Å². The van der Waals surface area contributed by atoms with Crippen LogP contribution in [-0.2, 0) is 14.3 Å². The Labute approximate surface area is 108 Å². The molecule has 0 saturated carbocycles. The van der Waals surface area contributed by atoms with Crippen LogP contribution < -0.4 is 0 Å². The summed E-state index contributed by atoms with van der Waals surface area (Å²) in [5.41, 5.74) is -0.423. The van der Waals surface area contributed by atoms with E-state index in [0.717, 1.165) is 13.2 Å². The maximum atomic E-state index is 11.4. The van der Waals surface area contributed by atoms with Gasteiger partial charge in [-0.15, -0.1) is 0 Å². The number of nitro benzene ring substituents is 1. The predicted molar refractivity (Wildman–Crippen MR) is 65.3 cm³/mol.